The molecule has 2 heterocycles. The van der Waals surface area contributed by atoms with Crippen LogP contribution in [0.3, 0.4) is 0 Å². The van der Waals surface area contributed by atoms with Gasteiger partial charge in [-0.1, -0.05) is 0 Å². The summed E-state index contributed by atoms with van der Waals surface area (Å²) in [5.74, 6) is 1.09. The van der Waals surface area contributed by atoms with Crippen LogP contribution in [0.15, 0.2) is 12.1 Å². The molecular weight excluding hydrogens is 198 g/mol. The van der Waals surface area contributed by atoms with Crippen molar-refractivity contribution in [3.8, 4) is 0 Å². The first-order valence-corrected chi connectivity index (χ1v) is 5.84. The lowest BCUT2D eigenvalue weighted by Crippen LogP contribution is -2.24. The number of aromatic nitrogens is 2. The Bertz CT molecular complexity index is 554. The summed E-state index contributed by atoms with van der Waals surface area (Å²) in [6.07, 6.45) is 2.39. The minimum atomic E-state index is 1.09. The summed E-state index contributed by atoms with van der Waals surface area (Å²) in [5.41, 5.74) is 5.24. The molecule has 1 aliphatic heterocycles. The lowest BCUT2D eigenvalue weighted by Gasteiger charge is -2.27. The van der Waals surface area contributed by atoms with Crippen molar-refractivity contribution in [3.05, 3.63) is 23.5 Å². The molecule has 3 rings (SSSR count). The number of hydrogen-bond donors (Lipinski definition) is 0. The quantitative estimate of drug-likeness (QED) is 0.672. The van der Waals surface area contributed by atoms with E-state index in [0.29, 0.717) is 0 Å². The van der Waals surface area contributed by atoms with Crippen LogP contribution in [0.1, 0.15) is 17.8 Å². The molecule has 3 heteroatoms. The van der Waals surface area contributed by atoms with Gasteiger partial charge in [-0.15, -0.1) is 0 Å². The highest BCUT2D eigenvalue weighted by molar-refractivity contribution is 5.86. The van der Waals surface area contributed by atoms with Gasteiger partial charge >= 0.3 is 0 Å². The fraction of sp³-hybridized carbons (Fsp3) is 0.462. The molecule has 1 aliphatic rings. The number of benzene rings is 1. The minimum absolute atomic E-state index is 1.09. The number of fused-ring (bicyclic) bond motifs is 3. The molecule has 0 aliphatic carbocycles. The van der Waals surface area contributed by atoms with Gasteiger partial charge in [0.1, 0.15) is 5.82 Å². The standard InChI is InChI=1S/C13H17N3/c1-9-14-13-10-5-4-8-15(2)11(10)6-7-12(13)16(9)3/h6-7H,4-5,8H2,1-3H3. The largest absolute Gasteiger partial charge is 0.374 e. The third-order valence-electron chi connectivity index (χ3n) is 3.69. The van der Waals surface area contributed by atoms with E-state index in [9.17, 15) is 0 Å². The lowest BCUT2D eigenvalue weighted by atomic mass is 10.0. The van der Waals surface area contributed by atoms with E-state index >= 15 is 0 Å². The van der Waals surface area contributed by atoms with Crippen molar-refractivity contribution < 1.29 is 0 Å². The molecule has 0 radical (unpaired) electrons. The van der Waals surface area contributed by atoms with Crippen molar-refractivity contribution in [2.24, 2.45) is 7.05 Å². The molecular formula is C13H17N3. The van der Waals surface area contributed by atoms with Crippen molar-refractivity contribution in [1.29, 1.82) is 0 Å². The summed E-state index contributed by atoms with van der Waals surface area (Å²) in [4.78, 5) is 7.03. The highest BCUT2D eigenvalue weighted by Crippen LogP contribution is 2.32. The van der Waals surface area contributed by atoms with Crippen LogP contribution in [-0.4, -0.2) is 23.1 Å². The molecule has 0 bridgehead atoms. The van der Waals surface area contributed by atoms with Crippen molar-refractivity contribution in [3.63, 3.8) is 0 Å². The summed E-state index contributed by atoms with van der Waals surface area (Å²) >= 11 is 0. The molecule has 1 aromatic heterocycles. The van der Waals surface area contributed by atoms with Gasteiger partial charge in [0.25, 0.3) is 0 Å². The van der Waals surface area contributed by atoms with E-state index in [1.165, 1.54) is 28.7 Å². The third-order valence-corrected chi connectivity index (χ3v) is 3.69. The molecule has 3 nitrogen and oxygen atoms in total. The molecule has 0 N–H and O–H groups in total. The first-order valence-electron chi connectivity index (χ1n) is 5.84. The molecule has 1 aromatic carbocycles. The monoisotopic (exact) mass is 215 g/mol. The van der Waals surface area contributed by atoms with Crippen LogP contribution in [0.5, 0.6) is 0 Å². The van der Waals surface area contributed by atoms with Crippen molar-refractivity contribution in [1.82, 2.24) is 9.55 Å². The van der Waals surface area contributed by atoms with Gasteiger partial charge < -0.3 is 9.47 Å². The van der Waals surface area contributed by atoms with Gasteiger partial charge in [0.2, 0.25) is 0 Å². The molecule has 0 atom stereocenters. The van der Waals surface area contributed by atoms with Crippen LogP contribution in [0.2, 0.25) is 0 Å². The highest BCUT2D eigenvalue weighted by Gasteiger charge is 2.18. The Morgan fingerprint density at radius 2 is 2.06 bits per heavy atom. The van der Waals surface area contributed by atoms with Crippen molar-refractivity contribution in [2.75, 3.05) is 18.5 Å². The Kier molecular flexibility index (Phi) is 1.96. The van der Waals surface area contributed by atoms with Crippen molar-refractivity contribution in [2.45, 2.75) is 19.8 Å². The Hall–Kier alpha value is -1.51. The first kappa shape index (κ1) is 9.70. The molecule has 2 aromatic rings. The maximum Gasteiger partial charge on any atom is 0.106 e. The Balaban J connectivity index is 2.35. The fourth-order valence-electron chi connectivity index (χ4n) is 2.64. The number of aryl methyl sites for hydroxylation is 3. The maximum atomic E-state index is 4.70. The Morgan fingerprint density at radius 3 is 2.88 bits per heavy atom. The molecule has 0 spiro atoms. The molecule has 16 heavy (non-hydrogen) atoms. The molecule has 0 saturated carbocycles. The van der Waals surface area contributed by atoms with Gasteiger partial charge in [-0.25, -0.2) is 4.98 Å². The summed E-state index contributed by atoms with van der Waals surface area (Å²) in [5, 5.41) is 0. The Labute approximate surface area is 95.7 Å². The van der Waals surface area contributed by atoms with E-state index < -0.39 is 0 Å². The van der Waals surface area contributed by atoms with E-state index in [-0.39, 0.29) is 0 Å². The minimum Gasteiger partial charge on any atom is -0.374 e. The predicted octanol–water partition coefficient (Wildman–Crippen LogP) is 2.26. The van der Waals surface area contributed by atoms with Crippen LogP contribution >= 0.6 is 0 Å². The van der Waals surface area contributed by atoms with Gasteiger partial charge in [-0.05, 0) is 31.9 Å². The predicted molar refractivity (Wildman–Crippen MR) is 67.0 cm³/mol. The number of hydrogen-bond acceptors (Lipinski definition) is 2. The van der Waals surface area contributed by atoms with Crippen LogP contribution in [-0.2, 0) is 13.5 Å². The normalized spacial score (nSPS) is 15.6. The fourth-order valence-corrected chi connectivity index (χ4v) is 2.64. The molecule has 0 unspecified atom stereocenters. The summed E-state index contributed by atoms with van der Waals surface area (Å²) in [6, 6.07) is 4.42. The highest BCUT2D eigenvalue weighted by atomic mass is 15.1. The molecule has 0 fully saturated rings. The van der Waals surface area contributed by atoms with E-state index in [4.69, 9.17) is 4.98 Å². The second kappa shape index (κ2) is 3.24. The summed E-state index contributed by atoms with van der Waals surface area (Å²) < 4.78 is 2.17. The third kappa shape index (κ3) is 1.17. The maximum absolute atomic E-state index is 4.70. The van der Waals surface area contributed by atoms with Gasteiger partial charge in [-0.3, -0.25) is 0 Å². The van der Waals surface area contributed by atoms with Gasteiger partial charge in [-0.2, -0.15) is 0 Å². The number of anilines is 1. The average Bonchev–Trinajstić information content (AvgIpc) is 2.56. The van der Waals surface area contributed by atoms with E-state index in [0.717, 1.165) is 18.8 Å². The molecule has 0 amide bonds. The smallest absolute Gasteiger partial charge is 0.106 e. The van der Waals surface area contributed by atoms with Gasteiger partial charge in [0.15, 0.2) is 0 Å². The zero-order chi connectivity index (χ0) is 11.3. The number of nitrogens with zero attached hydrogens (tertiary/aromatic N) is 3. The number of imidazole rings is 1. The van der Waals surface area contributed by atoms with Gasteiger partial charge in [0, 0.05) is 31.9 Å². The SMILES string of the molecule is Cc1nc2c3c(ccc2n1C)N(C)CCC3. The van der Waals surface area contributed by atoms with E-state index in [1.54, 1.807) is 0 Å². The lowest BCUT2D eigenvalue weighted by molar-refractivity contribution is 0.748. The first-order chi connectivity index (χ1) is 7.68. The Morgan fingerprint density at radius 1 is 1.25 bits per heavy atom. The molecule has 0 saturated heterocycles. The second-order valence-electron chi connectivity index (χ2n) is 4.67. The average molecular weight is 215 g/mol. The van der Waals surface area contributed by atoms with Crippen LogP contribution in [0.4, 0.5) is 5.69 Å². The topological polar surface area (TPSA) is 21.1 Å². The van der Waals surface area contributed by atoms with Crippen LogP contribution in [0.25, 0.3) is 11.0 Å². The van der Waals surface area contributed by atoms with Gasteiger partial charge in [0.05, 0.1) is 11.0 Å². The van der Waals surface area contributed by atoms with Crippen molar-refractivity contribution >= 4 is 16.7 Å². The molecule has 84 valence electrons. The van der Waals surface area contributed by atoms with E-state index in [2.05, 4.69) is 42.6 Å². The summed E-state index contributed by atoms with van der Waals surface area (Å²) in [7, 11) is 4.25. The summed E-state index contributed by atoms with van der Waals surface area (Å²) in [6.45, 7) is 3.23. The zero-order valence-electron chi connectivity index (χ0n) is 10.1. The second-order valence-corrected chi connectivity index (χ2v) is 4.67. The van der Waals surface area contributed by atoms with Crippen LogP contribution < -0.4 is 4.90 Å². The van der Waals surface area contributed by atoms with Crippen LogP contribution in [0, 0.1) is 6.92 Å². The zero-order valence-corrected chi connectivity index (χ0v) is 10.1. The number of rotatable bonds is 0. The van der Waals surface area contributed by atoms with E-state index in [1.807, 2.05) is 0 Å².